The fourth-order valence-corrected chi connectivity index (χ4v) is 2.83. The first-order valence-corrected chi connectivity index (χ1v) is 9.84. The molecule has 1 rings (SSSR count). The summed E-state index contributed by atoms with van der Waals surface area (Å²) in [6.07, 6.45) is 3.40. The fraction of sp³-hybridized carbons (Fsp3) is 0.417. The summed E-state index contributed by atoms with van der Waals surface area (Å²) < 4.78 is 6.25. The van der Waals surface area contributed by atoms with Crippen LogP contribution in [0.25, 0.3) is 0 Å². The first-order valence-electron chi connectivity index (χ1n) is 5.96. The zero-order valence-electron chi connectivity index (χ0n) is 11.6. The van der Waals surface area contributed by atoms with Crippen molar-refractivity contribution < 1.29 is 45.6 Å². The summed E-state index contributed by atoms with van der Waals surface area (Å²) in [6, 6.07) is 3.33. The molecule has 3 N–H and O–H groups in total. The van der Waals surface area contributed by atoms with Crippen molar-refractivity contribution in [1.82, 2.24) is 10.3 Å². The number of ether oxygens (including phenoxy) is 1. The number of nitrogens with one attached hydrogen (secondary N) is 2. The number of nitrogens with zero attached hydrogens (tertiary/aromatic N) is 1. The normalized spacial score (nSPS) is 10.8. The maximum atomic E-state index is 11.5. The third-order valence-electron chi connectivity index (χ3n) is 2.07. The minimum absolute atomic E-state index is 0.142. The van der Waals surface area contributed by atoms with E-state index in [4.69, 9.17) is 14.6 Å². The molecule has 0 saturated heterocycles. The molecule has 1 heterocycles. The molecule has 1 aromatic heterocycles. The molecule has 8 heteroatoms. The van der Waals surface area contributed by atoms with Gasteiger partial charge in [-0.25, -0.2) is 0 Å². The van der Waals surface area contributed by atoms with E-state index in [9.17, 15) is 4.79 Å². The minimum atomic E-state index is -0.833. The molecule has 107 valence electrons. The average Bonchev–Trinajstić information content (AvgIpc) is 2.40. The number of aliphatic carboxylic acids is 1. The van der Waals surface area contributed by atoms with E-state index in [2.05, 4.69) is 15.6 Å². The third kappa shape index (κ3) is 10.7. The second-order valence-corrected chi connectivity index (χ2v) is 5.99. The Morgan fingerprint density at radius 1 is 1.55 bits per heavy atom. The Labute approximate surface area is 134 Å². The van der Waals surface area contributed by atoms with Crippen LogP contribution in [0.1, 0.15) is 6.92 Å². The van der Waals surface area contributed by atoms with Crippen LogP contribution >= 0.6 is 0 Å². The molecular weight excluding hydrogens is 451 g/mol. The van der Waals surface area contributed by atoms with Crippen molar-refractivity contribution in [3.05, 3.63) is 24.5 Å². The number of carboxylic acid groups (broad SMARTS) is 1. The van der Waals surface area contributed by atoms with Gasteiger partial charge in [0.15, 0.2) is 0 Å². The summed E-state index contributed by atoms with van der Waals surface area (Å²) in [5, 5.41) is 12.9. The van der Waals surface area contributed by atoms with Crippen molar-refractivity contribution in [3.63, 3.8) is 0 Å². The number of methoxy groups -OCH3 is 1. The van der Waals surface area contributed by atoms with Crippen molar-refractivity contribution in [2.45, 2.75) is 17.0 Å². The molecule has 0 radical (unpaired) electrons. The van der Waals surface area contributed by atoms with E-state index in [0.29, 0.717) is 38.4 Å². The number of rotatable bonds is 5. The summed E-state index contributed by atoms with van der Waals surface area (Å²) in [5.41, 5.74) is 0.684. The van der Waals surface area contributed by atoms with Crippen LogP contribution in [0, 0.1) is 0 Å². The number of carboxylic acids is 1. The standard InChI is InChI=1S/C10H14N3O2.C2H4O2.Hg/c1-8(15-2)6-12-10(14)13-9-4-3-5-11-7-9;1-2(3)4;/h3-5,7-8H,1,6H2,2H3,(H2,12,13,14);1H3,(H,3,4);. The molecule has 0 saturated carbocycles. The molecule has 1 aromatic rings. The van der Waals surface area contributed by atoms with Gasteiger partial charge in [0.25, 0.3) is 5.97 Å². The summed E-state index contributed by atoms with van der Waals surface area (Å²) in [6.45, 7) is 1.63. The first kappa shape index (κ1) is 18.8. The van der Waals surface area contributed by atoms with Crippen molar-refractivity contribution >= 4 is 17.7 Å². The molecule has 0 spiro atoms. The monoisotopic (exact) mass is 470 g/mol. The van der Waals surface area contributed by atoms with Crippen LogP contribution in [0.5, 0.6) is 0 Å². The van der Waals surface area contributed by atoms with Gasteiger partial charge in [-0.1, -0.05) is 0 Å². The van der Waals surface area contributed by atoms with E-state index in [1.165, 1.54) is 0 Å². The molecule has 0 aliphatic carbocycles. The van der Waals surface area contributed by atoms with E-state index >= 15 is 0 Å². The molecule has 20 heavy (non-hydrogen) atoms. The first-order chi connectivity index (χ1) is 9.49. The molecular formula is C12H18HgN3O4. The number of urea groups is 1. The van der Waals surface area contributed by atoms with Crippen LogP contribution in [0.3, 0.4) is 0 Å². The zero-order chi connectivity index (χ0) is 15.4. The van der Waals surface area contributed by atoms with Crippen LogP contribution in [0.15, 0.2) is 24.5 Å². The summed E-state index contributed by atoms with van der Waals surface area (Å²) in [7, 11) is 1.66. The average molecular weight is 469 g/mol. The molecule has 2 amide bonds. The Kier molecular flexibility index (Phi) is 10.9. The van der Waals surface area contributed by atoms with Crippen LogP contribution in [-0.2, 0) is 35.7 Å². The van der Waals surface area contributed by atoms with Crippen molar-refractivity contribution in [2.75, 3.05) is 19.0 Å². The molecule has 0 aromatic carbocycles. The number of anilines is 1. The number of hydrogen-bond acceptors (Lipinski definition) is 4. The van der Waals surface area contributed by atoms with Crippen LogP contribution in [-0.4, -0.2) is 41.8 Å². The Morgan fingerprint density at radius 2 is 2.20 bits per heavy atom. The van der Waals surface area contributed by atoms with Crippen molar-refractivity contribution in [1.29, 1.82) is 0 Å². The van der Waals surface area contributed by atoms with Gasteiger partial charge in [-0.3, -0.25) is 4.79 Å². The topological polar surface area (TPSA) is 101 Å². The van der Waals surface area contributed by atoms with E-state index in [0.717, 1.165) is 10.9 Å². The van der Waals surface area contributed by atoms with Gasteiger partial charge < -0.3 is 5.11 Å². The van der Waals surface area contributed by atoms with E-state index in [-0.39, 0.29) is 12.1 Å². The SMILES string of the molecule is CC(=O)O.COC([CH2][Hg])CNC(=O)Nc1cccnc1. The Balaban J connectivity index is 0.000000796. The second-order valence-electron chi connectivity index (χ2n) is 3.74. The maximum absolute atomic E-state index is 11.5. The number of amides is 2. The molecule has 0 aliphatic rings. The molecule has 1 atom stereocenters. The Hall–Kier alpha value is -1.21. The molecule has 0 bridgehead atoms. The van der Waals surface area contributed by atoms with E-state index < -0.39 is 5.97 Å². The van der Waals surface area contributed by atoms with Gasteiger partial charge in [-0.05, 0) is 0 Å². The second kappa shape index (κ2) is 11.6. The van der Waals surface area contributed by atoms with Crippen molar-refractivity contribution in [3.8, 4) is 0 Å². The van der Waals surface area contributed by atoms with E-state index in [1.54, 1.807) is 31.6 Å². The predicted octanol–water partition coefficient (Wildman–Crippen LogP) is 1.27. The summed E-state index contributed by atoms with van der Waals surface area (Å²) in [4.78, 5) is 24.4. The van der Waals surface area contributed by atoms with Crippen LogP contribution in [0.2, 0.25) is 3.93 Å². The number of hydrogen-bond donors (Lipinski definition) is 3. The van der Waals surface area contributed by atoms with Gasteiger partial charge in [0.2, 0.25) is 0 Å². The molecule has 1 unspecified atom stereocenters. The summed E-state index contributed by atoms with van der Waals surface area (Å²) in [5.74, 6) is -0.833. The Bertz CT molecular complexity index is 395. The van der Waals surface area contributed by atoms with Gasteiger partial charge in [0, 0.05) is 6.92 Å². The zero-order valence-corrected chi connectivity index (χ0v) is 17.1. The van der Waals surface area contributed by atoms with E-state index in [1.807, 2.05) is 0 Å². The number of pyridine rings is 1. The molecule has 0 aliphatic heterocycles. The van der Waals surface area contributed by atoms with Crippen LogP contribution in [0.4, 0.5) is 10.5 Å². The number of carbonyl (C=O) groups excluding carboxylic acids is 1. The molecule has 0 fully saturated rings. The third-order valence-corrected chi connectivity index (χ3v) is 4.57. The fourth-order valence-electron chi connectivity index (χ4n) is 1.12. The van der Waals surface area contributed by atoms with Gasteiger partial charge in [0.05, 0.1) is 0 Å². The van der Waals surface area contributed by atoms with Crippen molar-refractivity contribution in [2.24, 2.45) is 0 Å². The Morgan fingerprint density at radius 3 is 2.65 bits per heavy atom. The number of aromatic nitrogens is 1. The van der Waals surface area contributed by atoms with Crippen LogP contribution < -0.4 is 10.6 Å². The van der Waals surface area contributed by atoms with Gasteiger partial charge >= 0.3 is 111 Å². The number of carbonyl (C=O) groups is 2. The summed E-state index contributed by atoms with van der Waals surface area (Å²) >= 11 is 0.684. The molecule has 7 nitrogen and oxygen atoms in total. The van der Waals surface area contributed by atoms with Gasteiger partial charge in [-0.2, -0.15) is 0 Å². The van der Waals surface area contributed by atoms with Gasteiger partial charge in [0.1, 0.15) is 0 Å². The predicted molar refractivity (Wildman–Crippen MR) is 70.2 cm³/mol. The van der Waals surface area contributed by atoms with Gasteiger partial charge in [-0.15, -0.1) is 0 Å². The quantitative estimate of drug-likeness (QED) is 0.565.